The highest BCUT2D eigenvalue weighted by molar-refractivity contribution is 7.17. The SMILES string of the molecule is CCOC(=O)c1c(NC(=O)C(=O)N/N=C\c2ccccc2OC)sc2c1CCCCC2. The summed E-state index contributed by atoms with van der Waals surface area (Å²) in [4.78, 5) is 38.3. The first-order valence-electron chi connectivity index (χ1n) is 10.1. The van der Waals surface area contributed by atoms with Gasteiger partial charge in [0, 0.05) is 10.4 Å². The highest BCUT2D eigenvalue weighted by Crippen LogP contribution is 2.38. The Kier molecular flexibility index (Phi) is 7.77. The molecule has 0 radical (unpaired) electrons. The van der Waals surface area contributed by atoms with E-state index in [0.29, 0.717) is 21.9 Å². The summed E-state index contributed by atoms with van der Waals surface area (Å²) >= 11 is 1.33. The third-order valence-electron chi connectivity index (χ3n) is 4.84. The number of nitrogens with one attached hydrogen (secondary N) is 2. The molecule has 2 N–H and O–H groups in total. The van der Waals surface area contributed by atoms with Crippen LogP contribution in [0.2, 0.25) is 0 Å². The Hall–Kier alpha value is -3.20. The highest BCUT2D eigenvalue weighted by atomic mass is 32.1. The summed E-state index contributed by atoms with van der Waals surface area (Å²) < 4.78 is 10.4. The van der Waals surface area contributed by atoms with Crippen LogP contribution in [0.25, 0.3) is 0 Å². The molecule has 164 valence electrons. The van der Waals surface area contributed by atoms with E-state index in [2.05, 4.69) is 15.8 Å². The number of carbonyl (C=O) groups excluding carboxylic acids is 3. The average molecular weight is 444 g/mol. The van der Waals surface area contributed by atoms with E-state index in [-0.39, 0.29) is 6.61 Å². The smallest absolute Gasteiger partial charge is 0.341 e. The molecule has 31 heavy (non-hydrogen) atoms. The number of thiophene rings is 1. The number of rotatable bonds is 6. The minimum Gasteiger partial charge on any atom is -0.496 e. The van der Waals surface area contributed by atoms with Gasteiger partial charge in [-0.3, -0.25) is 9.59 Å². The number of anilines is 1. The summed E-state index contributed by atoms with van der Waals surface area (Å²) in [6.45, 7) is 1.96. The first-order valence-corrected chi connectivity index (χ1v) is 11.0. The zero-order valence-corrected chi connectivity index (χ0v) is 18.3. The normalized spacial score (nSPS) is 13.2. The van der Waals surface area contributed by atoms with Crippen LogP contribution < -0.4 is 15.5 Å². The molecule has 0 saturated carbocycles. The van der Waals surface area contributed by atoms with Gasteiger partial charge in [0.25, 0.3) is 0 Å². The van der Waals surface area contributed by atoms with E-state index >= 15 is 0 Å². The second-order valence-corrected chi connectivity index (χ2v) is 7.99. The molecule has 3 rings (SSSR count). The maximum absolute atomic E-state index is 12.5. The molecule has 1 aliphatic carbocycles. The fraction of sp³-hybridized carbons (Fsp3) is 0.364. The van der Waals surface area contributed by atoms with Crippen LogP contribution in [0, 0.1) is 0 Å². The van der Waals surface area contributed by atoms with Crippen LogP contribution in [0.5, 0.6) is 5.75 Å². The highest BCUT2D eigenvalue weighted by Gasteiger charge is 2.27. The summed E-state index contributed by atoms with van der Waals surface area (Å²) in [5, 5.41) is 6.74. The van der Waals surface area contributed by atoms with E-state index in [9.17, 15) is 14.4 Å². The van der Waals surface area contributed by atoms with Gasteiger partial charge in [-0.25, -0.2) is 10.2 Å². The number of methoxy groups -OCH3 is 1. The summed E-state index contributed by atoms with van der Waals surface area (Å²) in [7, 11) is 1.53. The topological polar surface area (TPSA) is 106 Å². The van der Waals surface area contributed by atoms with E-state index < -0.39 is 17.8 Å². The van der Waals surface area contributed by atoms with Crippen molar-refractivity contribution < 1.29 is 23.9 Å². The summed E-state index contributed by atoms with van der Waals surface area (Å²) in [6.07, 6.45) is 6.09. The predicted octanol–water partition coefficient (Wildman–Crippen LogP) is 3.29. The van der Waals surface area contributed by atoms with Crippen molar-refractivity contribution in [1.82, 2.24) is 5.43 Å². The molecule has 0 atom stereocenters. The van der Waals surface area contributed by atoms with Crippen molar-refractivity contribution in [3.8, 4) is 5.75 Å². The molecule has 1 aromatic heterocycles. The van der Waals surface area contributed by atoms with Crippen LogP contribution in [0.4, 0.5) is 5.00 Å². The first kappa shape index (κ1) is 22.5. The number of amides is 2. The number of hydrazone groups is 1. The fourth-order valence-electron chi connectivity index (χ4n) is 3.39. The summed E-state index contributed by atoms with van der Waals surface area (Å²) in [5.41, 5.74) is 4.14. The molecule has 2 aromatic rings. The Balaban J connectivity index is 1.72. The van der Waals surface area contributed by atoms with Gasteiger partial charge in [0.15, 0.2) is 0 Å². The van der Waals surface area contributed by atoms with Gasteiger partial charge in [0.2, 0.25) is 0 Å². The van der Waals surface area contributed by atoms with Crippen molar-refractivity contribution >= 4 is 40.3 Å². The fourth-order valence-corrected chi connectivity index (χ4v) is 4.67. The Bertz CT molecular complexity index is 999. The molecule has 0 fully saturated rings. The third-order valence-corrected chi connectivity index (χ3v) is 6.05. The molecule has 0 saturated heterocycles. The molecule has 8 nitrogen and oxygen atoms in total. The molecular formula is C22H25N3O5S. The maximum Gasteiger partial charge on any atom is 0.341 e. The second kappa shape index (κ2) is 10.7. The molecule has 0 unspecified atom stereocenters. The van der Waals surface area contributed by atoms with Crippen molar-refractivity contribution in [3.63, 3.8) is 0 Å². The van der Waals surface area contributed by atoms with Crippen LogP contribution in [0.1, 0.15) is 52.5 Å². The zero-order valence-electron chi connectivity index (χ0n) is 17.5. The van der Waals surface area contributed by atoms with Crippen LogP contribution in [0.3, 0.4) is 0 Å². The van der Waals surface area contributed by atoms with E-state index in [4.69, 9.17) is 9.47 Å². The van der Waals surface area contributed by atoms with Gasteiger partial charge >= 0.3 is 17.8 Å². The molecule has 0 aliphatic heterocycles. The lowest BCUT2D eigenvalue weighted by molar-refractivity contribution is -0.136. The van der Waals surface area contributed by atoms with Gasteiger partial charge in [-0.1, -0.05) is 18.6 Å². The van der Waals surface area contributed by atoms with Gasteiger partial charge in [-0.05, 0) is 50.3 Å². The minimum atomic E-state index is -0.940. The Morgan fingerprint density at radius 3 is 2.68 bits per heavy atom. The molecule has 2 amide bonds. The molecule has 1 aliphatic rings. The molecule has 0 bridgehead atoms. The standard InChI is InChI=1S/C22H25N3O5S/c1-3-30-22(28)18-15-10-5-4-6-12-17(15)31-21(18)24-19(26)20(27)25-23-13-14-9-7-8-11-16(14)29-2/h7-9,11,13H,3-6,10,12H2,1-2H3,(H,24,26)(H,25,27)/b23-13-. The van der Waals surface area contributed by atoms with E-state index in [0.717, 1.165) is 42.5 Å². The number of benzene rings is 1. The van der Waals surface area contributed by atoms with E-state index in [1.54, 1.807) is 25.1 Å². The number of hydrogen-bond donors (Lipinski definition) is 2. The van der Waals surface area contributed by atoms with Crippen LogP contribution in [-0.4, -0.2) is 37.7 Å². The van der Waals surface area contributed by atoms with Crippen LogP contribution >= 0.6 is 11.3 Å². The largest absolute Gasteiger partial charge is 0.496 e. The predicted molar refractivity (Wildman–Crippen MR) is 119 cm³/mol. The Morgan fingerprint density at radius 2 is 1.90 bits per heavy atom. The molecule has 1 heterocycles. The van der Waals surface area contributed by atoms with Gasteiger partial charge in [0.1, 0.15) is 10.8 Å². The lowest BCUT2D eigenvalue weighted by atomic mass is 10.1. The minimum absolute atomic E-state index is 0.231. The van der Waals surface area contributed by atoms with Crippen molar-refractivity contribution in [2.24, 2.45) is 5.10 Å². The van der Waals surface area contributed by atoms with Crippen molar-refractivity contribution in [3.05, 3.63) is 45.8 Å². The maximum atomic E-state index is 12.5. The Labute approximate surface area is 184 Å². The average Bonchev–Trinajstić information content (AvgIpc) is 2.94. The number of esters is 1. The van der Waals surface area contributed by atoms with Crippen LogP contribution in [-0.2, 0) is 27.2 Å². The lowest BCUT2D eigenvalue weighted by Gasteiger charge is -2.08. The van der Waals surface area contributed by atoms with Gasteiger partial charge in [0.05, 0.1) is 25.5 Å². The van der Waals surface area contributed by atoms with Gasteiger partial charge in [-0.2, -0.15) is 5.10 Å². The first-order chi connectivity index (χ1) is 15.0. The lowest BCUT2D eigenvalue weighted by Crippen LogP contribution is -2.32. The summed E-state index contributed by atoms with van der Waals surface area (Å²) in [6, 6.07) is 7.13. The Morgan fingerprint density at radius 1 is 1.13 bits per heavy atom. The third kappa shape index (κ3) is 5.49. The van der Waals surface area contributed by atoms with Crippen LogP contribution in [0.15, 0.2) is 29.4 Å². The monoisotopic (exact) mass is 443 g/mol. The number of fused-ring (bicyclic) bond motifs is 1. The molecule has 9 heteroatoms. The van der Waals surface area contributed by atoms with E-state index in [1.165, 1.54) is 24.7 Å². The van der Waals surface area contributed by atoms with Gasteiger partial charge < -0.3 is 14.8 Å². The van der Waals surface area contributed by atoms with Crippen molar-refractivity contribution in [2.75, 3.05) is 19.0 Å². The quantitative estimate of drug-likeness (QED) is 0.234. The molecule has 0 spiro atoms. The number of carbonyl (C=O) groups is 3. The molecule has 1 aromatic carbocycles. The number of nitrogens with zero attached hydrogens (tertiary/aromatic N) is 1. The molecular weight excluding hydrogens is 418 g/mol. The number of ether oxygens (including phenoxy) is 2. The van der Waals surface area contributed by atoms with Gasteiger partial charge in [-0.15, -0.1) is 11.3 Å². The second-order valence-electron chi connectivity index (χ2n) is 6.88. The zero-order chi connectivity index (χ0) is 22.2. The van der Waals surface area contributed by atoms with E-state index in [1.807, 2.05) is 6.07 Å². The van der Waals surface area contributed by atoms with Crippen molar-refractivity contribution in [2.45, 2.75) is 39.0 Å². The summed E-state index contributed by atoms with van der Waals surface area (Å²) in [5.74, 6) is -1.74. The number of para-hydroxylation sites is 1. The van der Waals surface area contributed by atoms with Crippen molar-refractivity contribution in [1.29, 1.82) is 0 Å². The number of hydrogen-bond acceptors (Lipinski definition) is 7. The number of aryl methyl sites for hydroxylation is 1.